The highest BCUT2D eigenvalue weighted by molar-refractivity contribution is 5.35. The minimum atomic E-state index is 0.227. The normalized spacial score (nSPS) is 20.8. The van der Waals surface area contributed by atoms with E-state index in [0.717, 1.165) is 18.2 Å². The maximum absolute atomic E-state index is 5.15. The quantitative estimate of drug-likeness (QED) is 0.941. The SMILES string of the molecule is COCc1nc2n(n1)[C@@H](c1ccc(C(C)C)cc1)C[C@H](C)N2. The number of fused-ring (bicyclic) bond motifs is 1. The lowest BCUT2D eigenvalue weighted by atomic mass is 9.95. The van der Waals surface area contributed by atoms with Crippen LogP contribution in [0.25, 0.3) is 0 Å². The average Bonchev–Trinajstić information content (AvgIpc) is 2.89. The predicted octanol–water partition coefficient (Wildman–Crippen LogP) is 3.34. The zero-order chi connectivity index (χ0) is 15.7. The van der Waals surface area contributed by atoms with Crippen molar-refractivity contribution in [2.75, 3.05) is 12.4 Å². The number of rotatable bonds is 4. The van der Waals surface area contributed by atoms with Gasteiger partial charge in [-0.3, -0.25) is 0 Å². The van der Waals surface area contributed by atoms with Crippen molar-refractivity contribution in [2.24, 2.45) is 0 Å². The number of benzene rings is 1. The molecule has 0 unspecified atom stereocenters. The van der Waals surface area contributed by atoms with Crippen molar-refractivity contribution in [1.29, 1.82) is 0 Å². The monoisotopic (exact) mass is 300 g/mol. The van der Waals surface area contributed by atoms with Gasteiger partial charge in [0.1, 0.15) is 6.61 Å². The molecule has 5 nitrogen and oxygen atoms in total. The highest BCUT2D eigenvalue weighted by atomic mass is 16.5. The number of anilines is 1. The zero-order valence-corrected chi connectivity index (χ0v) is 13.7. The molecule has 1 aliphatic rings. The van der Waals surface area contributed by atoms with E-state index in [-0.39, 0.29) is 6.04 Å². The van der Waals surface area contributed by atoms with Gasteiger partial charge in [-0.1, -0.05) is 38.1 Å². The van der Waals surface area contributed by atoms with Crippen LogP contribution in [0.15, 0.2) is 24.3 Å². The first kappa shape index (κ1) is 15.0. The highest BCUT2D eigenvalue weighted by Crippen LogP contribution is 2.31. The number of hydrogen-bond acceptors (Lipinski definition) is 4. The third-order valence-corrected chi connectivity index (χ3v) is 4.18. The fraction of sp³-hybridized carbons (Fsp3) is 0.529. The van der Waals surface area contributed by atoms with Crippen molar-refractivity contribution in [3.05, 3.63) is 41.2 Å². The van der Waals surface area contributed by atoms with E-state index in [1.54, 1.807) is 7.11 Å². The van der Waals surface area contributed by atoms with Gasteiger partial charge in [-0.15, -0.1) is 0 Å². The van der Waals surface area contributed by atoms with Crippen LogP contribution in [-0.2, 0) is 11.3 Å². The Hall–Kier alpha value is -1.88. The summed E-state index contributed by atoms with van der Waals surface area (Å²) in [6.45, 7) is 7.06. The van der Waals surface area contributed by atoms with Gasteiger partial charge in [-0.2, -0.15) is 10.1 Å². The van der Waals surface area contributed by atoms with E-state index in [1.165, 1.54) is 11.1 Å². The van der Waals surface area contributed by atoms with E-state index in [4.69, 9.17) is 4.74 Å². The minimum Gasteiger partial charge on any atom is -0.377 e. The van der Waals surface area contributed by atoms with Gasteiger partial charge < -0.3 is 10.1 Å². The fourth-order valence-corrected chi connectivity index (χ4v) is 2.97. The van der Waals surface area contributed by atoms with Crippen LogP contribution in [0.5, 0.6) is 0 Å². The first-order valence-corrected chi connectivity index (χ1v) is 7.89. The molecule has 1 aromatic carbocycles. The third-order valence-electron chi connectivity index (χ3n) is 4.18. The Kier molecular flexibility index (Phi) is 4.16. The van der Waals surface area contributed by atoms with Crippen molar-refractivity contribution in [2.45, 2.75) is 51.8 Å². The summed E-state index contributed by atoms with van der Waals surface area (Å²) >= 11 is 0. The number of aromatic nitrogens is 3. The van der Waals surface area contributed by atoms with Crippen LogP contribution in [0.3, 0.4) is 0 Å². The van der Waals surface area contributed by atoms with Crippen LogP contribution in [0.4, 0.5) is 5.95 Å². The molecule has 2 heterocycles. The third kappa shape index (κ3) is 2.86. The van der Waals surface area contributed by atoms with Crippen molar-refractivity contribution in [3.8, 4) is 0 Å². The minimum absolute atomic E-state index is 0.227. The second kappa shape index (κ2) is 6.08. The Bertz CT molecular complexity index is 633. The van der Waals surface area contributed by atoms with Crippen molar-refractivity contribution < 1.29 is 4.74 Å². The molecule has 118 valence electrons. The number of nitrogens with one attached hydrogen (secondary N) is 1. The molecule has 5 heteroatoms. The summed E-state index contributed by atoms with van der Waals surface area (Å²) in [5, 5.41) is 8.01. The summed E-state index contributed by atoms with van der Waals surface area (Å²) in [6.07, 6.45) is 1.00. The number of hydrogen-bond donors (Lipinski definition) is 1. The van der Waals surface area contributed by atoms with Crippen LogP contribution in [0.2, 0.25) is 0 Å². The molecule has 1 aromatic heterocycles. The lowest BCUT2D eigenvalue weighted by molar-refractivity contribution is 0.177. The molecule has 0 radical (unpaired) electrons. The molecular formula is C17H24N4O. The largest absolute Gasteiger partial charge is 0.377 e. The molecule has 1 N–H and O–H groups in total. The first-order chi connectivity index (χ1) is 10.6. The lowest BCUT2D eigenvalue weighted by Gasteiger charge is -2.29. The van der Waals surface area contributed by atoms with Crippen molar-refractivity contribution in [1.82, 2.24) is 14.8 Å². The topological polar surface area (TPSA) is 52.0 Å². The van der Waals surface area contributed by atoms with Crippen LogP contribution >= 0.6 is 0 Å². The highest BCUT2D eigenvalue weighted by Gasteiger charge is 2.28. The van der Waals surface area contributed by atoms with Crippen LogP contribution < -0.4 is 5.32 Å². The average molecular weight is 300 g/mol. The van der Waals surface area contributed by atoms with Crippen LogP contribution in [0.1, 0.15) is 56.1 Å². The van der Waals surface area contributed by atoms with Gasteiger partial charge in [0, 0.05) is 13.2 Å². The molecule has 2 aromatic rings. The molecule has 1 aliphatic heterocycles. The fourth-order valence-electron chi connectivity index (χ4n) is 2.97. The Morgan fingerprint density at radius 3 is 2.68 bits per heavy atom. The maximum atomic E-state index is 5.15. The van der Waals surface area contributed by atoms with E-state index in [9.17, 15) is 0 Å². The Morgan fingerprint density at radius 1 is 1.32 bits per heavy atom. The van der Waals surface area contributed by atoms with Gasteiger partial charge in [0.2, 0.25) is 5.95 Å². The number of nitrogens with zero attached hydrogens (tertiary/aromatic N) is 3. The first-order valence-electron chi connectivity index (χ1n) is 7.89. The molecule has 0 bridgehead atoms. The van der Waals surface area contributed by atoms with Gasteiger partial charge in [0.05, 0.1) is 6.04 Å². The van der Waals surface area contributed by atoms with Crippen molar-refractivity contribution >= 4 is 5.95 Å². The van der Waals surface area contributed by atoms with Gasteiger partial charge in [0.25, 0.3) is 0 Å². The number of ether oxygens (including phenoxy) is 1. The van der Waals surface area contributed by atoms with E-state index >= 15 is 0 Å². The van der Waals surface area contributed by atoms with Gasteiger partial charge in [-0.05, 0) is 30.4 Å². The molecule has 2 atom stereocenters. The standard InChI is InChI=1S/C17H24N4O/c1-11(2)13-5-7-14(8-6-13)15-9-12(3)18-17-19-16(10-22-4)20-21(15)17/h5-8,11-12,15H,9-10H2,1-4H3,(H,18,19,20)/t12-,15+/m0/s1. The lowest BCUT2D eigenvalue weighted by Crippen LogP contribution is -2.31. The number of methoxy groups -OCH3 is 1. The van der Waals surface area contributed by atoms with Gasteiger partial charge in [-0.25, -0.2) is 4.68 Å². The molecule has 22 heavy (non-hydrogen) atoms. The van der Waals surface area contributed by atoms with Crippen LogP contribution in [0, 0.1) is 0 Å². The molecule has 3 rings (SSSR count). The Labute approximate surface area is 131 Å². The van der Waals surface area contributed by atoms with Gasteiger partial charge in [0.15, 0.2) is 5.82 Å². The van der Waals surface area contributed by atoms with Gasteiger partial charge >= 0.3 is 0 Å². The van der Waals surface area contributed by atoms with E-state index in [1.807, 2.05) is 4.68 Å². The second-order valence-electron chi connectivity index (χ2n) is 6.35. The summed E-state index contributed by atoms with van der Waals surface area (Å²) in [5.74, 6) is 2.11. The molecule has 0 spiro atoms. The molecule has 0 amide bonds. The van der Waals surface area contributed by atoms with Crippen molar-refractivity contribution in [3.63, 3.8) is 0 Å². The van der Waals surface area contributed by atoms with E-state index < -0.39 is 0 Å². The second-order valence-corrected chi connectivity index (χ2v) is 6.35. The summed E-state index contributed by atoms with van der Waals surface area (Å²) in [7, 11) is 1.66. The van der Waals surface area contributed by atoms with E-state index in [0.29, 0.717) is 18.6 Å². The smallest absolute Gasteiger partial charge is 0.222 e. The van der Waals surface area contributed by atoms with E-state index in [2.05, 4.69) is 60.4 Å². The molecular weight excluding hydrogens is 276 g/mol. The summed E-state index contributed by atoms with van der Waals surface area (Å²) < 4.78 is 7.15. The zero-order valence-electron chi connectivity index (χ0n) is 13.7. The molecule has 0 fully saturated rings. The summed E-state index contributed by atoms with van der Waals surface area (Å²) in [6, 6.07) is 9.49. The Morgan fingerprint density at radius 2 is 2.05 bits per heavy atom. The summed E-state index contributed by atoms with van der Waals surface area (Å²) in [4.78, 5) is 4.53. The molecule has 0 saturated carbocycles. The maximum Gasteiger partial charge on any atom is 0.222 e. The molecule has 0 saturated heterocycles. The van der Waals surface area contributed by atoms with Crippen LogP contribution in [-0.4, -0.2) is 27.9 Å². The summed E-state index contributed by atoms with van der Waals surface area (Å²) in [5.41, 5.74) is 2.65. The predicted molar refractivity (Wildman–Crippen MR) is 87.1 cm³/mol. The molecule has 0 aliphatic carbocycles. The Balaban J connectivity index is 1.93.